The molecular formula is C16H23ClN2O5S. The third kappa shape index (κ3) is 5.31. The Morgan fingerprint density at radius 3 is 2.56 bits per heavy atom. The number of amides is 1. The number of anilines is 1. The van der Waals surface area contributed by atoms with Gasteiger partial charge in [-0.25, -0.2) is 12.7 Å². The van der Waals surface area contributed by atoms with Gasteiger partial charge in [-0.15, -0.1) is 0 Å². The molecule has 0 aromatic heterocycles. The number of nitrogens with one attached hydrogen (secondary N) is 1. The normalized spacial score (nSPS) is 16.6. The molecule has 1 saturated heterocycles. The van der Waals surface area contributed by atoms with E-state index in [4.69, 9.17) is 21.1 Å². The standard InChI is InChI=1S/C16H23ClN2O5S/c1-23-9-10-25(21,22)19-7-5-12(6-8-19)16(20)18-13-3-4-15(24-2)14(17)11-13/h3-4,11-12H,5-10H2,1-2H3,(H,18,20). The second-order valence-electron chi connectivity index (χ2n) is 5.82. The van der Waals surface area contributed by atoms with E-state index in [2.05, 4.69) is 5.32 Å². The molecule has 1 N–H and O–H groups in total. The van der Waals surface area contributed by atoms with E-state index in [1.165, 1.54) is 18.5 Å². The molecule has 0 radical (unpaired) electrons. The fourth-order valence-corrected chi connectivity index (χ4v) is 4.36. The van der Waals surface area contributed by atoms with Crippen LogP contribution in [-0.4, -0.2) is 58.3 Å². The van der Waals surface area contributed by atoms with Gasteiger partial charge in [0.15, 0.2) is 0 Å². The van der Waals surface area contributed by atoms with Gasteiger partial charge >= 0.3 is 0 Å². The van der Waals surface area contributed by atoms with Crippen molar-refractivity contribution in [2.24, 2.45) is 5.92 Å². The number of methoxy groups -OCH3 is 2. The number of piperidine rings is 1. The van der Waals surface area contributed by atoms with Gasteiger partial charge in [0.05, 0.1) is 24.5 Å². The van der Waals surface area contributed by atoms with Crippen LogP contribution in [0.4, 0.5) is 5.69 Å². The van der Waals surface area contributed by atoms with E-state index in [9.17, 15) is 13.2 Å². The number of hydrogen-bond acceptors (Lipinski definition) is 5. The van der Waals surface area contributed by atoms with Gasteiger partial charge in [-0.1, -0.05) is 11.6 Å². The number of benzene rings is 1. The van der Waals surface area contributed by atoms with Crippen molar-refractivity contribution in [3.05, 3.63) is 23.2 Å². The van der Waals surface area contributed by atoms with Gasteiger partial charge < -0.3 is 14.8 Å². The Morgan fingerprint density at radius 2 is 2.00 bits per heavy atom. The SMILES string of the molecule is COCCS(=O)(=O)N1CCC(C(=O)Nc2ccc(OC)c(Cl)c2)CC1. The van der Waals surface area contributed by atoms with Crippen LogP contribution >= 0.6 is 11.6 Å². The molecule has 9 heteroatoms. The van der Waals surface area contributed by atoms with Crippen molar-refractivity contribution in [2.45, 2.75) is 12.8 Å². The molecule has 1 aromatic carbocycles. The average Bonchev–Trinajstić information content (AvgIpc) is 2.60. The lowest BCUT2D eigenvalue weighted by molar-refractivity contribution is -0.120. The summed E-state index contributed by atoms with van der Waals surface area (Å²) in [4.78, 5) is 12.4. The largest absolute Gasteiger partial charge is 0.495 e. The minimum atomic E-state index is -3.32. The molecule has 25 heavy (non-hydrogen) atoms. The quantitative estimate of drug-likeness (QED) is 0.769. The molecule has 1 aliphatic rings. The monoisotopic (exact) mass is 390 g/mol. The highest BCUT2D eigenvalue weighted by Gasteiger charge is 2.30. The van der Waals surface area contributed by atoms with Crippen LogP contribution < -0.4 is 10.1 Å². The van der Waals surface area contributed by atoms with Gasteiger partial charge in [0, 0.05) is 31.8 Å². The number of rotatable bonds is 7. The van der Waals surface area contributed by atoms with Crippen LogP contribution in [0.1, 0.15) is 12.8 Å². The lowest BCUT2D eigenvalue weighted by Gasteiger charge is -2.30. The summed E-state index contributed by atoms with van der Waals surface area (Å²) in [6.07, 6.45) is 0.976. The molecule has 0 bridgehead atoms. The molecule has 0 saturated carbocycles. The van der Waals surface area contributed by atoms with Crippen LogP contribution in [0.2, 0.25) is 5.02 Å². The zero-order chi connectivity index (χ0) is 18.4. The van der Waals surface area contributed by atoms with Gasteiger partial charge in [0.2, 0.25) is 15.9 Å². The number of nitrogens with zero attached hydrogens (tertiary/aromatic N) is 1. The first-order valence-corrected chi connectivity index (χ1v) is 9.97. The van der Waals surface area contributed by atoms with Crippen LogP contribution in [-0.2, 0) is 19.6 Å². The number of ether oxygens (including phenoxy) is 2. The molecule has 140 valence electrons. The van der Waals surface area contributed by atoms with E-state index in [0.29, 0.717) is 42.4 Å². The molecule has 2 rings (SSSR count). The Hall–Kier alpha value is -1.35. The third-order valence-corrected chi connectivity index (χ3v) is 6.31. The first kappa shape index (κ1) is 20.0. The van der Waals surface area contributed by atoms with E-state index < -0.39 is 10.0 Å². The highest BCUT2D eigenvalue weighted by atomic mass is 35.5. The fourth-order valence-electron chi connectivity index (χ4n) is 2.70. The number of sulfonamides is 1. The molecule has 1 heterocycles. The van der Waals surface area contributed by atoms with Crippen molar-refractivity contribution in [3.63, 3.8) is 0 Å². The van der Waals surface area contributed by atoms with Crippen molar-refractivity contribution >= 4 is 33.2 Å². The smallest absolute Gasteiger partial charge is 0.227 e. The van der Waals surface area contributed by atoms with E-state index in [1.807, 2.05) is 0 Å². The minimum Gasteiger partial charge on any atom is -0.495 e. The Kier molecular flexibility index (Phi) is 7.06. The van der Waals surface area contributed by atoms with E-state index >= 15 is 0 Å². The van der Waals surface area contributed by atoms with Gasteiger partial charge in [0.25, 0.3) is 0 Å². The maximum atomic E-state index is 12.4. The molecule has 1 amide bonds. The summed E-state index contributed by atoms with van der Waals surface area (Å²) >= 11 is 6.05. The molecule has 0 spiro atoms. The van der Waals surface area contributed by atoms with Crippen molar-refractivity contribution < 1.29 is 22.7 Å². The van der Waals surface area contributed by atoms with Gasteiger partial charge in [-0.3, -0.25) is 4.79 Å². The lowest BCUT2D eigenvalue weighted by Crippen LogP contribution is -2.42. The molecule has 0 atom stereocenters. The summed E-state index contributed by atoms with van der Waals surface area (Å²) in [7, 11) is -0.330. The first-order chi connectivity index (χ1) is 11.9. The summed E-state index contributed by atoms with van der Waals surface area (Å²) in [6.45, 7) is 0.849. The van der Waals surface area contributed by atoms with E-state index in [1.54, 1.807) is 18.2 Å². The summed E-state index contributed by atoms with van der Waals surface area (Å²) in [5.74, 6) is 0.143. The molecule has 1 aromatic rings. The van der Waals surface area contributed by atoms with E-state index in [-0.39, 0.29) is 24.2 Å². The van der Waals surface area contributed by atoms with Crippen LogP contribution in [0.25, 0.3) is 0 Å². The number of carbonyl (C=O) groups excluding carboxylic acids is 1. The van der Waals surface area contributed by atoms with Crippen LogP contribution in [0, 0.1) is 5.92 Å². The molecule has 1 aliphatic heterocycles. The van der Waals surface area contributed by atoms with Crippen molar-refractivity contribution in [2.75, 3.05) is 45.0 Å². The van der Waals surface area contributed by atoms with Gasteiger partial charge in [0.1, 0.15) is 5.75 Å². The lowest BCUT2D eigenvalue weighted by atomic mass is 9.97. The zero-order valence-electron chi connectivity index (χ0n) is 14.3. The highest BCUT2D eigenvalue weighted by Crippen LogP contribution is 2.28. The molecule has 7 nitrogen and oxygen atoms in total. The first-order valence-electron chi connectivity index (χ1n) is 7.98. The summed E-state index contributed by atoms with van der Waals surface area (Å²) in [5.41, 5.74) is 0.589. The van der Waals surface area contributed by atoms with Gasteiger partial charge in [-0.05, 0) is 31.0 Å². The number of hydrogen-bond donors (Lipinski definition) is 1. The van der Waals surface area contributed by atoms with Crippen LogP contribution in [0.15, 0.2) is 18.2 Å². The third-order valence-electron chi connectivity index (χ3n) is 4.18. The predicted octanol–water partition coefficient (Wildman–Crippen LogP) is 1.98. The second kappa shape index (κ2) is 8.84. The van der Waals surface area contributed by atoms with Crippen molar-refractivity contribution in [1.82, 2.24) is 4.31 Å². The highest BCUT2D eigenvalue weighted by molar-refractivity contribution is 7.89. The molecule has 0 unspecified atom stereocenters. The maximum Gasteiger partial charge on any atom is 0.227 e. The number of carbonyl (C=O) groups is 1. The fraction of sp³-hybridized carbons (Fsp3) is 0.562. The second-order valence-corrected chi connectivity index (χ2v) is 8.32. The van der Waals surface area contributed by atoms with Crippen LogP contribution in [0.3, 0.4) is 0 Å². The molecular weight excluding hydrogens is 368 g/mol. The average molecular weight is 391 g/mol. The Labute approximate surface area is 153 Å². The Bertz CT molecular complexity index is 702. The van der Waals surface area contributed by atoms with Crippen molar-refractivity contribution in [3.8, 4) is 5.75 Å². The Balaban J connectivity index is 1.90. The van der Waals surface area contributed by atoms with Crippen LogP contribution in [0.5, 0.6) is 5.75 Å². The minimum absolute atomic E-state index is 0.0370. The van der Waals surface area contributed by atoms with Crippen molar-refractivity contribution in [1.29, 1.82) is 0 Å². The summed E-state index contributed by atoms with van der Waals surface area (Å²) < 4.78 is 35.6. The zero-order valence-corrected chi connectivity index (χ0v) is 15.9. The summed E-state index contributed by atoms with van der Waals surface area (Å²) in [5, 5.41) is 3.24. The van der Waals surface area contributed by atoms with Gasteiger partial charge in [-0.2, -0.15) is 0 Å². The summed E-state index contributed by atoms with van der Waals surface area (Å²) in [6, 6.07) is 5.03. The Morgan fingerprint density at radius 1 is 1.32 bits per heavy atom. The molecule has 0 aliphatic carbocycles. The number of halogens is 1. The topological polar surface area (TPSA) is 84.9 Å². The molecule has 1 fully saturated rings. The maximum absolute atomic E-state index is 12.4. The van der Waals surface area contributed by atoms with E-state index in [0.717, 1.165) is 0 Å². The predicted molar refractivity (Wildman–Crippen MR) is 96.6 cm³/mol.